The van der Waals surface area contributed by atoms with Crippen LogP contribution in [-0.4, -0.2) is 36.2 Å². The number of carbonyl (C=O) groups is 2. The summed E-state index contributed by atoms with van der Waals surface area (Å²) in [4.78, 5) is 22.2. The number of nitrogens with two attached hydrogens (primary N) is 1. The Morgan fingerprint density at radius 1 is 1.12 bits per heavy atom. The predicted molar refractivity (Wildman–Crippen MR) is 65.5 cm³/mol. The van der Waals surface area contributed by atoms with Crippen LogP contribution in [0.2, 0.25) is 0 Å². The Labute approximate surface area is 102 Å². The lowest BCUT2D eigenvalue weighted by atomic mass is 10.1. The van der Waals surface area contributed by atoms with Gasteiger partial charge in [0.2, 0.25) is 5.91 Å². The van der Waals surface area contributed by atoms with Gasteiger partial charge in [-0.3, -0.25) is 4.79 Å². The van der Waals surface area contributed by atoms with Gasteiger partial charge in [0.05, 0.1) is 5.54 Å². The zero-order chi connectivity index (χ0) is 13.7. The highest BCUT2D eigenvalue weighted by atomic mass is 16.6. The topological polar surface area (TPSA) is 93.4 Å². The van der Waals surface area contributed by atoms with Crippen LogP contribution in [0, 0.1) is 0 Å². The van der Waals surface area contributed by atoms with Crippen molar-refractivity contribution < 1.29 is 14.3 Å². The Morgan fingerprint density at radius 2 is 1.65 bits per heavy atom. The molecule has 100 valence electrons. The summed E-state index contributed by atoms with van der Waals surface area (Å²) in [5.74, 6) is -0.435. The number of carbonyl (C=O) groups excluding carboxylic acids is 2. The van der Waals surface area contributed by atoms with Crippen LogP contribution < -0.4 is 16.4 Å². The fourth-order valence-corrected chi connectivity index (χ4v) is 0.941. The lowest BCUT2D eigenvalue weighted by molar-refractivity contribution is -0.123. The highest BCUT2D eigenvalue weighted by Crippen LogP contribution is 2.06. The van der Waals surface area contributed by atoms with E-state index in [-0.39, 0.29) is 0 Å². The van der Waals surface area contributed by atoms with E-state index in [1.54, 1.807) is 34.6 Å². The first kappa shape index (κ1) is 15.7. The van der Waals surface area contributed by atoms with Gasteiger partial charge in [0, 0.05) is 13.1 Å². The Bertz CT molecular complexity index is 282. The van der Waals surface area contributed by atoms with Crippen molar-refractivity contribution in [3.05, 3.63) is 0 Å². The van der Waals surface area contributed by atoms with Gasteiger partial charge >= 0.3 is 6.09 Å². The average Bonchev–Trinajstić information content (AvgIpc) is 2.09. The quantitative estimate of drug-likeness (QED) is 0.610. The van der Waals surface area contributed by atoms with Crippen molar-refractivity contribution in [2.75, 3.05) is 13.1 Å². The first-order valence-electron chi connectivity index (χ1n) is 5.56. The fourth-order valence-electron chi connectivity index (χ4n) is 0.941. The van der Waals surface area contributed by atoms with Gasteiger partial charge in [0.1, 0.15) is 5.60 Å². The van der Waals surface area contributed by atoms with Crippen molar-refractivity contribution in [2.24, 2.45) is 5.73 Å². The summed E-state index contributed by atoms with van der Waals surface area (Å²) in [5, 5.41) is 5.51. The summed E-state index contributed by atoms with van der Waals surface area (Å²) < 4.78 is 5.05. The molecule has 0 aliphatic carbocycles. The van der Waals surface area contributed by atoms with Crippen molar-refractivity contribution >= 4 is 12.0 Å². The van der Waals surface area contributed by atoms with Crippen LogP contribution in [0.3, 0.4) is 0 Å². The Hall–Kier alpha value is -1.30. The zero-order valence-corrected chi connectivity index (χ0v) is 11.2. The number of primary amides is 1. The first-order chi connectivity index (χ1) is 7.54. The SMILES string of the molecule is CC(C)(C)OC(=O)NCCNC(C)(C)C(N)=O. The second-order valence-electron chi connectivity index (χ2n) is 5.34. The average molecular weight is 245 g/mol. The third-order valence-electron chi connectivity index (χ3n) is 1.98. The van der Waals surface area contributed by atoms with E-state index in [1.807, 2.05) is 0 Å². The van der Waals surface area contributed by atoms with Crippen LogP contribution >= 0.6 is 0 Å². The third-order valence-corrected chi connectivity index (χ3v) is 1.98. The van der Waals surface area contributed by atoms with Crippen molar-refractivity contribution in [1.82, 2.24) is 10.6 Å². The van der Waals surface area contributed by atoms with Gasteiger partial charge in [-0.15, -0.1) is 0 Å². The van der Waals surface area contributed by atoms with Gasteiger partial charge in [-0.05, 0) is 34.6 Å². The van der Waals surface area contributed by atoms with Gasteiger partial charge in [0.15, 0.2) is 0 Å². The van der Waals surface area contributed by atoms with Gasteiger partial charge < -0.3 is 21.1 Å². The molecule has 0 fully saturated rings. The van der Waals surface area contributed by atoms with E-state index >= 15 is 0 Å². The summed E-state index contributed by atoms with van der Waals surface area (Å²) in [6.45, 7) is 9.55. The number of amides is 2. The van der Waals surface area contributed by atoms with Gasteiger partial charge in [-0.2, -0.15) is 0 Å². The molecule has 0 aromatic heterocycles. The molecule has 0 unspecified atom stereocenters. The number of alkyl carbamates (subject to hydrolysis) is 1. The maximum Gasteiger partial charge on any atom is 0.407 e. The molecule has 0 saturated carbocycles. The maximum atomic E-state index is 11.3. The standard InChI is InChI=1S/C11H23N3O3/c1-10(2,3)17-9(16)13-6-7-14-11(4,5)8(12)15/h14H,6-7H2,1-5H3,(H2,12,15)(H,13,16). The fraction of sp³-hybridized carbons (Fsp3) is 0.818. The molecule has 0 radical (unpaired) electrons. The molecule has 6 nitrogen and oxygen atoms in total. The molecule has 0 atom stereocenters. The summed E-state index contributed by atoms with van der Waals surface area (Å²) >= 11 is 0. The molecule has 0 aliphatic heterocycles. The molecule has 2 amide bonds. The minimum Gasteiger partial charge on any atom is -0.444 e. The van der Waals surface area contributed by atoms with Gasteiger partial charge in [-0.1, -0.05) is 0 Å². The van der Waals surface area contributed by atoms with Crippen molar-refractivity contribution in [3.8, 4) is 0 Å². The number of hydrogen-bond donors (Lipinski definition) is 3. The smallest absolute Gasteiger partial charge is 0.407 e. The van der Waals surface area contributed by atoms with Gasteiger partial charge in [-0.25, -0.2) is 4.79 Å². The molecule has 0 aromatic rings. The van der Waals surface area contributed by atoms with Gasteiger partial charge in [0.25, 0.3) is 0 Å². The van der Waals surface area contributed by atoms with Crippen molar-refractivity contribution in [3.63, 3.8) is 0 Å². The Balaban J connectivity index is 3.80. The zero-order valence-electron chi connectivity index (χ0n) is 11.2. The molecule has 0 spiro atoms. The third kappa shape index (κ3) is 7.57. The van der Waals surface area contributed by atoms with Crippen LogP contribution in [0.25, 0.3) is 0 Å². The predicted octanol–water partition coefficient (Wildman–Crippen LogP) is 0.365. The van der Waals surface area contributed by atoms with E-state index in [4.69, 9.17) is 10.5 Å². The normalized spacial score (nSPS) is 12.1. The molecular weight excluding hydrogens is 222 g/mol. The molecule has 6 heteroatoms. The Morgan fingerprint density at radius 3 is 2.06 bits per heavy atom. The maximum absolute atomic E-state index is 11.3. The second-order valence-corrected chi connectivity index (χ2v) is 5.34. The molecule has 0 saturated heterocycles. The highest BCUT2D eigenvalue weighted by molar-refractivity contribution is 5.83. The number of nitrogens with one attached hydrogen (secondary N) is 2. The lowest BCUT2D eigenvalue weighted by Crippen LogP contribution is -2.52. The van der Waals surface area contributed by atoms with Crippen LogP contribution in [0.4, 0.5) is 4.79 Å². The van der Waals surface area contributed by atoms with E-state index in [0.29, 0.717) is 13.1 Å². The summed E-state index contributed by atoms with van der Waals surface area (Å²) in [7, 11) is 0. The Kier molecular flexibility index (Phi) is 5.41. The van der Waals surface area contributed by atoms with E-state index in [2.05, 4.69) is 10.6 Å². The summed E-state index contributed by atoms with van der Waals surface area (Å²) in [6, 6.07) is 0. The molecule has 17 heavy (non-hydrogen) atoms. The number of ether oxygens (including phenoxy) is 1. The molecule has 0 rings (SSSR count). The van der Waals surface area contributed by atoms with E-state index in [9.17, 15) is 9.59 Å². The highest BCUT2D eigenvalue weighted by Gasteiger charge is 2.23. The molecule has 0 heterocycles. The largest absolute Gasteiger partial charge is 0.444 e. The number of rotatable bonds is 5. The molecule has 0 bridgehead atoms. The van der Waals surface area contributed by atoms with Crippen LogP contribution in [0.15, 0.2) is 0 Å². The molecule has 4 N–H and O–H groups in total. The van der Waals surface area contributed by atoms with Crippen LogP contribution in [-0.2, 0) is 9.53 Å². The van der Waals surface area contributed by atoms with Crippen molar-refractivity contribution in [2.45, 2.75) is 45.8 Å². The minimum atomic E-state index is -0.782. The molecule has 0 aromatic carbocycles. The first-order valence-corrected chi connectivity index (χ1v) is 5.56. The van der Waals surface area contributed by atoms with E-state index in [0.717, 1.165) is 0 Å². The summed E-state index contributed by atoms with van der Waals surface area (Å²) in [5.41, 5.74) is 3.89. The second kappa shape index (κ2) is 5.86. The molecule has 0 aliphatic rings. The monoisotopic (exact) mass is 245 g/mol. The lowest BCUT2D eigenvalue weighted by Gasteiger charge is -2.23. The van der Waals surface area contributed by atoms with Crippen LogP contribution in [0.1, 0.15) is 34.6 Å². The van der Waals surface area contributed by atoms with Crippen LogP contribution in [0.5, 0.6) is 0 Å². The minimum absolute atomic E-state index is 0.367. The van der Waals surface area contributed by atoms with E-state index in [1.165, 1.54) is 0 Å². The summed E-state index contributed by atoms with van der Waals surface area (Å²) in [6.07, 6.45) is -0.476. The number of hydrogen-bond acceptors (Lipinski definition) is 4. The van der Waals surface area contributed by atoms with Crippen molar-refractivity contribution in [1.29, 1.82) is 0 Å². The van der Waals surface area contributed by atoms with E-state index < -0.39 is 23.1 Å². The molecular formula is C11H23N3O3.